The molecule has 0 amide bonds. The van der Waals surface area contributed by atoms with Gasteiger partial charge in [0.15, 0.2) is 5.52 Å². The molecule has 0 atom stereocenters. The third kappa shape index (κ3) is 2.93. The van der Waals surface area contributed by atoms with E-state index in [-0.39, 0.29) is 5.52 Å². The first-order chi connectivity index (χ1) is 10.1. The maximum Gasteiger partial charge on any atom is 0.326 e. The molecule has 0 unspecified atom stereocenters. The first-order valence-electron chi connectivity index (χ1n) is 6.19. The minimum absolute atomic E-state index is 0.202. The van der Waals surface area contributed by atoms with Crippen LogP contribution in [0.1, 0.15) is 11.3 Å². The molecule has 5 nitrogen and oxygen atoms in total. The van der Waals surface area contributed by atoms with Crippen molar-refractivity contribution in [3.8, 4) is 0 Å². The van der Waals surface area contributed by atoms with Crippen molar-refractivity contribution in [1.29, 1.82) is 0 Å². The van der Waals surface area contributed by atoms with Crippen LogP contribution < -0.4 is 11.2 Å². The molecule has 0 fully saturated rings. The van der Waals surface area contributed by atoms with Gasteiger partial charge in [0.05, 0.1) is 11.2 Å². The summed E-state index contributed by atoms with van der Waals surface area (Å²) >= 11 is 5.82. The molecular formula is C15H10ClN3O2. The zero-order chi connectivity index (χ0) is 14.8. The molecule has 1 aromatic carbocycles. The molecule has 0 aliphatic carbocycles. The van der Waals surface area contributed by atoms with E-state index < -0.39 is 11.2 Å². The van der Waals surface area contributed by atoms with E-state index in [0.29, 0.717) is 16.2 Å². The predicted octanol–water partition coefficient (Wildman–Crippen LogP) is 2.44. The van der Waals surface area contributed by atoms with E-state index in [1.165, 1.54) is 0 Å². The van der Waals surface area contributed by atoms with E-state index in [9.17, 15) is 9.59 Å². The van der Waals surface area contributed by atoms with E-state index >= 15 is 0 Å². The van der Waals surface area contributed by atoms with Crippen LogP contribution in [0.3, 0.4) is 0 Å². The molecule has 21 heavy (non-hydrogen) atoms. The quantitative estimate of drug-likeness (QED) is 0.763. The Morgan fingerprint density at radius 3 is 2.48 bits per heavy atom. The van der Waals surface area contributed by atoms with Crippen molar-refractivity contribution in [2.75, 3.05) is 0 Å². The lowest BCUT2D eigenvalue weighted by Gasteiger charge is -1.98. The second-order valence-corrected chi connectivity index (χ2v) is 4.86. The van der Waals surface area contributed by atoms with Crippen LogP contribution >= 0.6 is 11.6 Å². The molecule has 0 aliphatic heterocycles. The number of aromatic nitrogens is 3. The van der Waals surface area contributed by atoms with Crippen LogP contribution in [0.25, 0.3) is 23.2 Å². The van der Waals surface area contributed by atoms with Gasteiger partial charge < -0.3 is 4.98 Å². The van der Waals surface area contributed by atoms with Crippen LogP contribution in [-0.2, 0) is 0 Å². The molecule has 6 heteroatoms. The largest absolute Gasteiger partial charge is 0.326 e. The summed E-state index contributed by atoms with van der Waals surface area (Å²) in [5.74, 6) is 0. The predicted molar refractivity (Wildman–Crippen MR) is 83.4 cm³/mol. The lowest BCUT2D eigenvalue weighted by atomic mass is 10.2. The lowest BCUT2D eigenvalue weighted by Crippen LogP contribution is -2.22. The molecule has 0 saturated heterocycles. The van der Waals surface area contributed by atoms with Gasteiger partial charge in [0.25, 0.3) is 5.56 Å². The average molecular weight is 300 g/mol. The fourth-order valence-corrected chi connectivity index (χ4v) is 2.04. The zero-order valence-electron chi connectivity index (χ0n) is 10.8. The van der Waals surface area contributed by atoms with Crippen LogP contribution in [0.2, 0.25) is 5.02 Å². The van der Waals surface area contributed by atoms with Gasteiger partial charge in [-0.2, -0.15) is 0 Å². The number of H-pyrrole nitrogens is 2. The normalized spacial score (nSPS) is 11.3. The Hall–Kier alpha value is -2.66. The second kappa shape index (κ2) is 5.38. The average Bonchev–Trinajstić information content (AvgIpc) is 2.47. The Labute approximate surface area is 123 Å². The summed E-state index contributed by atoms with van der Waals surface area (Å²) in [6.07, 6.45) is 3.65. The summed E-state index contributed by atoms with van der Waals surface area (Å²) in [6.45, 7) is 0. The lowest BCUT2D eigenvalue weighted by molar-refractivity contribution is 1.07. The zero-order valence-corrected chi connectivity index (χ0v) is 11.5. The van der Waals surface area contributed by atoms with Gasteiger partial charge in [-0.3, -0.25) is 9.78 Å². The number of rotatable bonds is 2. The highest BCUT2D eigenvalue weighted by molar-refractivity contribution is 6.30. The number of nitrogens with one attached hydrogen (secondary N) is 2. The van der Waals surface area contributed by atoms with Gasteiger partial charge in [-0.15, -0.1) is 0 Å². The van der Waals surface area contributed by atoms with Gasteiger partial charge in [-0.05, 0) is 35.9 Å². The maximum absolute atomic E-state index is 11.7. The number of hydrogen-bond donors (Lipinski definition) is 2. The Morgan fingerprint density at radius 2 is 1.71 bits per heavy atom. The van der Waals surface area contributed by atoms with Gasteiger partial charge >= 0.3 is 5.69 Å². The summed E-state index contributed by atoms with van der Waals surface area (Å²) in [6, 6.07) is 10.7. The van der Waals surface area contributed by atoms with E-state index in [1.807, 2.05) is 18.2 Å². The summed E-state index contributed by atoms with van der Waals surface area (Å²) in [4.78, 5) is 31.8. The van der Waals surface area contributed by atoms with E-state index in [0.717, 1.165) is 5.56 Å². The van der Waals surface area contributed by atoms with E-state index in [4.69, 9.17) is 11.6 Å². The van der Waals surface area contributed by atoms with Crippen molar-refractivity contribution < 1.29 is 0 Å². The molecule has 3 rings (SSSR count). The summed E-state index contributed by atoms with van der Waals surface area (Å²) < 4.78 is 0. The van der Waals surface area contributed by atoms with E-state index in [1.54, 1.807) is 30.3 Å². The molecule has 3 aromatic rings. The first-order valence-corrected chi connectivity index (χ1v) is 6.57. The number of aromatic amines is 2. The van der Waals surface area contributed by atoms with Crippen molar-refractivity contribution in [3.63, 3.8) is 0 Å². The molecule has 2 aromatic heterocycles. The number of fused-ring (bicyclic) bond motifs is 1. The summed E-state index contributed by atoms with van der Waals surface area (Å²) in [5.41, 5.74) is 1.15. The molecule has 0 aliphatic rings. The Kier molecular flexibility index (Phi) is 3.41. The maximum atomic E-state index is 11.7. The smallest absolute Gasteiger partial charge is 0.305 e. The minimum atomic E-state index is -0.543. The Morgan fingerprint density at radius 1 is 0.952 bits per heavy atom. The van der Waals surface area contributed by atoms with Crippen LogP contribution in [0.15, 0.2) is 46.0 Å². The highest BCUT2D eigenvalue weighted by Gasteiger charge is 2.02. The van der Waals surface area contributed by atoms with Crippen molar-refractivity contribution in [2.24, 2.45) is 0 Å². The van der Waals surface area contributed by atoms with Crippen LogP contribution in [-0.4, -0.2) is 15.0 Å². The summed E-state index contributed by atoms with van der Waals surface area (Å²) in [7, 11) is 0. The highest BCUT2D eigenvalue weighted by atomic mass is 35.5. The second-order valence-electron chi connectivity index (χ2n) is 4.43. The fraction of sp³-hybridized carbons (Fsp3) is 0. The molecular weight excluding hydrogens is 290 g/mol. The number of nitrogens with zero attached hydrogens (tertiary/aromatic N) is 1. The van der Waals surface area contributed by atoms with Gasteiger partial charge in [-0.1, -0.05) is 29.8 Å². The third-order valence-electron chi connectivity index (χ3n) is 2.92. The van der Waals surface area contributed by atoms with Crippen LogP contribution in [0.5, 0.6) is 0 Å². The Bertz CT molecular complexity index is 940. The van der Waals surface area contributed by atoms with Crippen molar-refractivity contribution in [2.45, 2.75) is 0 Å². The molecule has 0 spiro atoms. The molecule has 2 heterocycles. The topological polar surface area (TPSA) is 78.6 Å². The van der Waals surface area contributed by atoms with E-state index in [2.05, 4.69) is 15.0 Å². The summed E-state index contributed by atoms with van der Waals surface area (Å²) in [5, 5.41) is 0.673. The molecule has 0 bridgehead atoms. The third-order valence-corrected chi connectivity index (χ3v) is 3.18. The molecule has 2 N–H and O–H groups in total. The molecule has 0 radical (unpaired) electrons. The number of halogens is 1. The number of benzene rings is 1. The fourth-order valence-electron chi connectivity index (χ4n) is 1.91. The van der Waals surface area contributed by atoms with Crippen LogP contribution in [0, 0.1) is 0 Å². The highest BCUT2D eigenvalue weighted by Crippen LogP contribution is 2.12. The van der Waals surface area contributed by atoms with Crippen molar-refractivity contribution in [3.05, 3.63) is 73.5 Å². The van der Waals surface area contributed by atoms with Gasteiger partial charge in [0.2, 0.25) is 0 Å². The number of pyridine rings is 1. The first kappa shape index (κ1) is 13.3. The monoisotopic (exact) mass is 299 g/mol. The SMILES string of the molecule is O=c1[nH]c(=O)c2nc(/C=C/c3ccc(Cl)cc3)ccc2[nH]1. The molecule has 104 valence electrons. The Balaban J connectivity index is 2.00. The van der Waals surface area contributed by atoms with Crippen molar-refractivity contribution in [1.82, 2.24) is 15.0 Å². The van der Waals surface area contributed by atoms with Crippen molar-refractivity contribution >= 4 is 34.8 Å². The number of hydrogen-bond acceptors (Lipinski definition) is 3. The molecule has 0 saturated carbocycles. The van der Waals surface area contributed by atoms with Gasteiger partial charge in [0, 0.05) is 5.02 Å². The van der Waals surface area contributed by atoms with Crippen LogP contribution in [0.4, 0.5) is 0 Å². The van der Waals surface area contributed by atoms with Gasteiger partial charge in [0.1, 0.15) is 0 Å². The minimum Gasteiger partial charge on any atom is -0.305 e. The van der Waals surface area contributed by atoms with Gasteiger partial charge in [-0.25, -0.2) is 9.78 Å². The standard InChI is InChI=1S/C15H10ClN3O2/c16-10-4-1-9(2-5-10)3-6-11-7-8-12-13(17-11)14(20)19-15(21)18-12/h1-8H,(H2,18,19,20,21)/b6-3+.